The number of piperidine rings is 1. The Labute approximate surface area is 146 Å². The molecule has 130 valence electrons. The van der Waals surface area contributed by atoms with Gasteiger partial charge < -0.3 is 14.8 Å². The largest absolute Gasteiger partial charge is 0.346 e. The highest BCUT2D eigenvalue weighted by Crippen LogP contribution is 2.30. The summed E-state index contributed by atoms with van der Waals surface area (Å²) < 4.78 is 2.26. The molecule has 0 aromatic carbocycles. The van der Waals surface area contributed by atoms with E-state index in [9.17, 15) is 4.79 Å². The molecule has 2 unspecified atom stereocenters. The minimum Gasteiger partial charge on any atom is -0.346 e. The van der Waals surface area contributed by atoms with Crippen LogP contribution in [0.2, 0.25) is 0 Å². The Morgan fingerprint density at radius 3 is 2.30 bits per heavy atom. The maximum absolute atomic E-state index is 13.0. The average molecular weight is 340 g/mol. The van der Waals surface area contributed by atoms with Crippen LogP contribution in [0.3, 0.4) is 0 Å². The van der Waals surface area contributed by atoms with Crippen molar-refractivity contribution in [2.75, 3.05) is 7.05 Å². The highest BCUT2D eigenvalue weighted by atomic mass is 35.5. The van der Waals surface area contributed by atoms with Crippen molar-refractivity contribution in [3.63, 3.8) is 0 Å². The first-order valence-electron chi connectivity index (χ1n) is 8.60. The van der Waals surface area contributed by atoms with Gasteiger partial charge in [0.15, 0.2) is 0 Å². The van der Waals surface area contributed by atoms with Crippen molar-refractivity contribution in [1.29, 1.82) is 0 Å². The van der Waals surface area contributed by atoms with Gasteiger partial charge >= 0.3 is 0 Å². The number of carbonyl (C=O) groups excluding carboxylic acids is 1. The second kappa shape index (κ2) is 6.86. The molecule has 1 N–H and O–H groups in total. The van der Waals surface area contributed by atoms with Crippen molar-refractivity contribution in [3.8, 4) is 0 Å². The van der Waals surface area contributed by atoms with E-state index in [0.717, 1.165) is 24.1 Å². The van der Waals surface area contributed by atoms with E-state index < -0.39 is 0 Å². The normalized spacial score (nSPS) is 26.3. The smallest absolute Gasteiger partial charge is 0.255 e. The molecule has 2 saturated heterocycles. The van der Waals surface area contributed by atoms with Gasteiger partial charge in [0.2, 0.25) is 0 Å². The summed E-state index contributed by atoms with van der Waals surface area (Å²) in [5.41, 5.74) is 3.15. The fourth-order valence-electron chi connectivity index (χ4n) is 4.49. The van der Waals surface area contributed by atoms with Crippen molar-refractivity contribution in [3.05, 3.63) is 23.0 Å². The predicted molar refractivity (Wildman–Crippen MR) is 96.6 cm³/mol. The monoisotopic (exact) mass is 339 g/mol. The quantitative estimate of drug-likeness (QED) is 0.915. The lowest BCUT2D eigenvalue weighted by atomic mass is 9.98. The first-order valence-corrected chi connectivity index (χ1v) is 8.60. The molecule has 2 fully saturated rings. The van der Waals surface area contributed by atoms with Crippen LogP contribution >= 0.6 is 12.4 Å². The third-order valence-corrected chi connectivity index (χ3v) is 5.55. The van der Waals surface area contributed by atoms with Crippen molar-refractivity contribution in [2.24, 2.45) is 0 Å². The van der Waals surface area contributed by atoms with Gasteiger partial charge in [-0.05, 0) is 59.4 Å². The number of hydrogen-bond acceptors (Lipinski definition) is 2. The van der Waals surface area contributed by atoms with Gasteiger partial charge in [0.25, 0.3) is 5.91 Å². The summed E-state index contributed by atoms with van der Waals surface area (Å²) in [4.78, 5) is 15.0. The molecule has 0 saturated carbocycles. The number of fused-ring (bicyclic) bond motifs is 2. The number of aromatic nitrogens is 1. The molecular weight excluding hydrogens is 310 g/mol. The standard InChI is InChI=1S/C18H29N3O.ClH/c1-11(2)21-12(3)8-17(13(21)4)18(22)20(5)16-9-14-6-7-15(10-16)19-14;/h8,11,14-16,19H,6-7,9-10H2,1-5H3;1H. The minimum atomic E-state index is 0. The van der Waals surface area contributed by atoms with Crippen LogP contribution in [0.25, 0.3) is 0 Å². The number of rotatable bonds is 3. The molecule has 4 nitrogen and oxygen atoms in total. The van der Waals surface area contributed by atoms with Crippen molar-refractivity contribution in [1.82, 2.24) is 14.8 Å². The first-order chi connectivity index (χ1) is 10.4. The van der Waals surface area contributed by atoms with Crippen LogP contribution < -0.4 is 5.32 Å². The number of hydrogen-bond donors (Lipinski definition) is 1. The molecule has 23 heavy (non-hydrogen) atoms. The molecule has 2 aliphatic heterocycles. The Hall–Kier alpha value is -1.000. The lowest BCUT2D eigenvalue weighted by Gasteiger charge is -2.35. The van der Waals surface area contributed by atoms with E-state index in [1.165, 1.54) is 18.5 Å². The summed E-state index contributed by atoms with van der Waals surface area (Å²) in [6.07, 6.45) is 4.74. The number of nitrogens with zero attached hydrogens (tertiary/aromatic N) is 2. The van der Waals surface area contributed by atoms with Gasteiger partial charge in [-0.1, -0.05) is 0 Å². The second-order valence-electron chi connectivity index (χ2n) is 7.43. The number of nitrogens with one attached hydrogen (secondary N) is 1. The van der Waals surface area contributed by atoms with Crippen LogP contribution in [-0.4, -0.2) is 40.5 Å². The van der Waals surface area contributed by atoms with Gasteiger partial charge in [-0.25, -0.2) is 0 Å². The molecule has 3 heterocycles. The van der Waals surface area contributed by atoms with Gasteiger partial charge in [0, 0.05) is 42.6 Å². The lowest BCUT2D eigenvalue weighted by molar-refractivity contribution is 0.0681. The van der Waals surface area contributed by atoms with Gasteiger partial charge in [-0.2, -0.15) is 0 Å². The minimum absolute atomic E-state index is 0. The van der Waals surface area contributed by atoms with E-state index in [-0.39, 0.29) is 18.3 Å². The number of carbonyl (C=O) groups is 1. The lowest BCUT2D eigenvalue weighted by Crippen LogP contribution is -2.48. The van der Waals surface area contributed by atoms with E-state index in [2.05, 4.69) is 43.6 Å². The van der Waals surface area contributed by atoms with Crippen LogP contribution in [0.4, 0.5) is 0 Å². The maximum atomic E-state index is 13.0. The topological polar surface area (TPSA) is 37.3 Å². The Bertz CT molecular complexity index is 569. The summed E-state index contributed by atoms with van der Waals surface area (Å²) in [5, 5.41) is 3.65. The molecule has 2 bridgehead atoms. The third-order valence-electron chi connectivity index (χ3n) is 5.55. The van der Waals surface area contributed by atoms with Crippen LogP contribution in [-0.2, 0) is 0 Å². The Balaban J connectivity index is 0.00000192. The summed E-state index contributed by atoms with van der Waals surface area (Å²) in [5.74, 6) is 0.186. The number of aryl methyl sites for hydroxylation is 1. The van der Waals surface area contributed by atoms with E-state index in [1.807, 2.05) is 11.9 Å². The summed E-state index contributed by atoms with van der Waals surface area (Å²) in [6, 6.07) is 4.06. The zero-order valence-corrected chi connectivity index (χ0v) is 15.7. The Morgan fingerprint density at radius 1 is 1.26 bits per heavy atom. The Morgan fingerprint density at radius 2 is 1.83 bits per heavy atom. The van der Waals surface area contributed by atoms with Crippen molar-refractivity contribution < 1.29 is 4.79 Å². The van der Waals surface area contributed by atoms with Gasteiger partial charge in [-0.3, -0.25) is 4.79 Å². The fraction of sp³-hybridized carbons (Fsp3) is 0.722. The van der Waals surface area contributed by atoms with E-state index in [0.29, 0.717) is 24.2 Å². The fourth-order valence-corrected chi connectivity index (χ4v) is 4.49. The molecule has 1 aromatic rings. The highest BCUT2D eigenvalue weighted by molar-refractivity contribution is 5.95. The highest BCUT2D eigenvalue weighted by Gasteiger charge is 2.37. The number of halogens is 1. The summed E-state index contributed by atoms with van der Waals surface area (Å²) in [6.45, 7) is 8.50. The molecule has 5 heteroatoms. The molecule has 2 atom stereocenters. The van der Waals surface area contributed by atoms with Gasteiger partial charge in [0.1, 0.15) is 0 Å². The number of amides is 1. The molecule has 1 aromatic heterocycles. The summed E-state index contributed by atoms with van der Waals surface area (Å²) >= 11 is 0. The van der Waals surface area contributed by atoms with Crippen molar-refractivity contribution >= 4 is 18.3 Å². The van der Waals surface area contributed by atoms with Crippen LogP contribution in [0.1, 0.15) is 67.3 Å². The Kier molecular flexibility index (Phi) is 5.47. The van der Waals surface area contributed by atoms with Gasteiger partial charge in [-0.15, -0.1) is 12.4 Å². The zero-order chi connectivity index (χ0) is 16.0. The van der Waals surface area contributed by atoms with E-state index >= 15 is 0 Å². The molecule has 0 radical (unpaired) electrons. The van der Waals surface area contributed by atoms with Crippen LogP contribution in [0.15, 0.2) is 6.07 Å². The average Bonchev–Trinajstić information content (AvgIpc) is 2.96. The second-order valence-corrected chi connectivity index (χ2v) is 7.43. The third kappa shape index (κ3) is 3.29. The molecule has 3 rings (SSSR count). The zero-order valence-electron chi connectivity index (χ0n) is 14.9. The molecule has 1 amide bonds. The molecule has 2 aliphatic rings. The molecular formula is C18H30ClN3O. The summed E-state index contributed by atoms with van der Waals surface area (Å²) in [7, 11) is 1.99. The SMILES string of the molecule is Cc1cc(C(=O)N(C)C2CC3CCC(C2)N3)c(C)n1C(C)C.Cl. The van der Waals surface area contributed by atoms with Gasteiger partial charge in [0.05, 0.1) is 5.56 Å². The molecule has 0 spiro atoms. The van der Waals surface area contributed by atoms with Crippen molar-refractivity contribution in [2.45, 2.75) is 77.5 Å². The van der Waals surface area contributed by atoms with E-state index in [1.54, 1.807) is 0 Å². The maximum Gasteiger partial charge on any atom is 0.255 e. The first kappa shape index (κ1) is 18.3. The van der Waals surface area contributed by atoms with E-state index in [4.69, 9.17) is 0 Å². The predicted octanol–water partition coefficient (Wildman–Crippen LogP) is 3.46. The molecule has 0 aliphatic carbocycles. The van der Waals surface area contributed by atoms with Crippen LogP contribution in [0.5, 0.6) is 0 Å². The van der Waals surface area contributed by atoms with Crippen LogP contribution in [0, 0.1) is 13.8 Å².